The van der Waals surface area contributed by atoms with E-state index in [0.717, 1.165) is 0 Å². The molecule has 0 aliphatic rings. The molecule has 1 rings (SSSR count). The van der Waals surface area contributed by atoms with Crippen LogP contribution in [0.1, 0.15) is 20.8 Å². The first-order chi connectivity index (χ1) is 5.50. The minimum absolute atomic E-state index is 0.0231. The van der Waals surface area contributed by atoms with E-state index < -0.39 is 5.41 Å². The minimum Gasteiger partial charge on any atom is -0.390 e. The summed E-state index contributed by atoms with van der Waals surface area (Å²) in [5, 5.41) is 6.52. The fourth-order valence-corrected chi connectivity index (χ4v) is 0.448. The maximum atomic E-state index is 11.2. The number of hydrogen-bond donors (Lipinski definition) is 0. The summed E-state index contributed by atoms with van der Waals surface area (Å²) >= 11 is 0. The van der Waals surface area contributed by atoms with Crippen LogP contribution in [-0.2, 0) is 4.79 Å². The van der Waals surface area contributed by atoms with Gasteiger partial charge >= 0.3 is 11.9 Å². The van der Waals surface area contributed by atoms with Crippen molar-refractivity contribution in [2.45, 2.75) is 20.8 Å². The topological polar surface area (TPSA) is 65.2 Å². The molecular formula is C7H10N2O3. The molecule has 5 heteroatoms. The van der Waals surface area contributed by atoms with Crippen LogP contribution in [0.15, 0.2) is 10.7 Å². The van der Waals surface area contributed by atoms with Gasteiger partial charge in [0.2, 0.25) is 0 Å². The van der Waals surface area contributed by atoms with Gasteiger partial charge in [-0.3, -0.25) is 9.32 Å². The normalized spacial score (nSPS) is 11.2. The quantitative estimate of drug-likeness (QED) is 0.588. The van der Waals surface area contributed by atoms with Crippen LogP contribution in [0.25, 0.3) is 0 Å². The number of esters is 1. The lowest BCUT2D eigenvalue weighted by atomic mass is 9.97. The summed E-state index contributed by atoms with van der Waals surface area (Å²) in [4.78, 5) is 11.2. The van der Waals surface area contributed by atoms with Gasteiger partial charge in [0.15, 0.2) is 0 Å². The van der Waals surface area contributed by atoms with Crippen LogP contribution in [0.5, 0.6) is 5.95 Å². The first-order valence-electron chi connectivity index (χ1n) is 3.50. The van der Waals surface area contributed by atoms with Crippen LogP contribution >= 0.6 is 0 Å². The maximum Gasteiger partial charge on any atom is 0.339 e. The second kappa shape index (κ2) is 2.92. The number of ether oxygens (including phenoxy) is 1. The number of nitrogens with zero attached hydrogens (tertiary/aromatic N) is 2. The van der Waals surface area contributed by atoms with Crippen LogP contribution in [0.2, 0.25) is 0 Å². The third kappa shape index (κ3) is 2.05. The highest BCUT2D eigenvalue weighted by Crippen LogP contribution is 2.17. The van der Waals surface area contributed by atoms with Gasteiger partial charge in [-0.15, -0.1) is 5.10 Å². The van der Waals surface area contributed by atoms with Crippen LogP contribution in [0.3, 0.4) is 0 Å². The molecule has 0 bridgehead atoms. The molecule has 66 valence electrons. The van der Waals surface area contributed by atoms with Crippen LogP contribution in [0.4, 0.5) is 0 Å². The molecule has 0 aliphatic carbocycles. The number of aromatic nitrogens is 2. The fourth-order valence-electron chi connectivity index (χ4n) is 0.448. The van der Waals surface area contributed by atoms with Crippen molar-refractivity contribution in [2.75, 3.05) is 0 Å². The smallest absolute Gasteiger partial charge is 0.339 e. The molecule has 1 aromatic heterocycles. The maximum absolute atomic E-state index is 11.2. The van der Waals surface area contributed by atoms with Crippen molar-refractivity contribution in [3.8, 4) is 5.95 Å². The Kier molecular flexibility index (Phi) is 2.12. The Morgan fingerprint density at radius 1 is 1.58 bits per heavy atom. The molecule has 12 heavy (non-hydrogen) atoms. The van der Waals surface area contributed by atoms with E-state index in [1.54, 1.807) is 20.8 Å². The van der Waals surface area contributed by atoms with E-state index in [9.17, 15) is 4.79 Å². The van der Waals surface area contributed by atoms with E-state index in [4.69, 9.17) is 4.74 Å². The van der Waals surface area contributed by atoms with Gasteiger partial charge in [-0.1, -0.05) is 0 Å². The zero-order valence-corrected chi connectivity index (χ0v) is 7.20. The minimum atomic E-state index is -0.549. The lowest BCUT2D eigenvalue weighted by Crippen LogP contribution is -2.25. The molecule has 0 saturated heterocycles. The number of carbonyl (C=O) groups is 1. The third-order valence-corrected chi connectivity index (χ3v) is 1.15. The van der Waals surface area contributed by atoms with E-state index >= 15 is 0 Å². The van der Waals surface area contributed by atoms with E-state index in [1.165, 1.54) is 6.20 Å². The van der Waals surface area contributed by atoms with Gasteiger partial charge in [-0.2, -0.15) is 0 Å². The summed E-state index contributed by atoms with van der Waals surface area (Å²) in [6.07, 6.45) is 1.24. The molecule has 0 aliphatic heterocycles. The largest absolute Gasteiger partial charge is 0.390 e. The Morgan fingerprint density at radius 2 is 2.25 bits per heavy atom. The predicted molar refractivity (Wildman–Crippen MR) is 39.4 cm³/mol. The third-order valence-electron chi connectivity index (χ3n) is 1.15. The van der Waals surface area contributed by atoms with Crippen LogP contribution in [-0.4, -0.2) is 16.3 Å². The summed E-state index contributed by atoms with van der Waals surface area (Å²) in [7, 11) is 0. The van der Waals surface area contributed by atoms with Gasteiger partial charge in [0.1, 0.15) is 6.20 Å². The molecule has 0 spiro atoms. The number of hydrogen-bond acceptors (Lipinski definition) is 5. The second-order valence-electron chi connectivity index (χ2n) is 3.38. The summed E-state index contributed by atoms with van der Waals surface area (Å²) in [6.45, 7) is 5.25. The molecule has 0 saturated carbocycles. The lowest BCUT2D eigenvalue weighted by Gasteiger charge is -2.13. The Hall–Kier alpha value is -1.39. The second-order valence-corrected chi connectivity index (χ2v) is 3.38. The highest BCUT2D eigenvalue weighted by atomic mass is 16.7. The van der Waals surface area contributed by atoms with Crippen LogP contribution in [0, 0.1) is 5.41 Å². The highest BCUT2D eigenvalue weighted by Gasteiger charge is 2.24. The van der Waals surface area contributed by atoms with E-state index in [2.05, 4.69) is 14.9 Å². The van der Waals surface area contributed by atoms with Gasteiger partial charge < -0.3 is 4.74 Å². The lowest BCUT2D eigenvalue weighted by molar-refractivity contribution is -0.144. The Balaban J connectivity index is 2.60. The average Bonchev–Trinajstić information content (AvgIpc) is 2.37. The van der Waals surface area contributed by atoms with E-state index in [0.29, 0.717) is 0 Å². The highest BCUT2D eigenvalue weighted by molar-refractivity contribution is 5.77. The van der Waals surface area contributed by atoms with Crippen molar-refractivity contribution < 1.29 is 14.1 Å². The first kappa shape index (κ1) is 8.70. The predicted octanol–water partition coefficient (Wildman–Crippen LogP) is 1.02. The van der Waals surface area contributed by atoms with Crippen molar-refractivity contribution in [1.29, 1.82) is 0 Å². The van der Waals surface area contributed by atoms with Crippen molar-refractivity contribution >= 4 is 5.97 Å². The molecule has 0 aromatic carbocycles. The van der Waals surface area contributed by atoms with Crippen molar-refractivity contribution in [3.63, 3.8) is 0 Å². The molecular weight excluding hydrogens is 160 g/mol. The Labute approximate surface area is 69.7 Å². The number of carbonyl (C=O) groups excluding carboxylic acids is 1. The average molecular weight is 170 g/mol. The molecule has 0 amide bonds. The molecule has 0 unspecified atom stereocenters. The fraction of sp³-hybridized carbons (Fsp3) is 0.571. The van der Waals surface area contributed by atoms with Gasteiger partial charge in [0.25, 0.3) is 0 Å². The Bertz CT molecular complexity index is 261. The van der Waals surface area contributed by atoms with E-state index in [-0.39, 0.29) is 11.9 Å². The Morgan fingerprint density at radius 3 is 2.67 bits per heavy atom. The van der Waals surface area contributed by atoms with E-state index in [1.807, 2.05) is 0 Å². The summed E-state index contributed by atoms with van der Waals surface area (Å²) in [6, 6.07) is 0. The van der Waals surface area contributed by atoms with Gasteiger partial charge in [0, 0.05) is 5.27 Å². The SMILES string of the molecule is CC(C)(C)C(=O)Oc1cnno1. The molecule has 1 aromatic rings. The molecule has 0 N–H and O–H groups in total. The molecule has 0 fully saturated rings. The first-order valence-corrected chi connectivity index (χ1v) is 3.50. The number of rotatable bonds is 1. The standard InChI is InChI=1S/C7H10N2O3/c1-7(2,3)6(10)11-5-4-8-9-12-5/h4H,1-3H3. The molecule has 0 radical (unpaired) electrons. The van der Waals surface area contributed by atoms with Crippen molar-refractivity contribution in [3.05, 3.63) is 6.20 Å². The van der Waals surface area contributed by atoms with Gasteiger partial charge in [-0.25, -0.2) is 0 Å². The zero-order chi connectivity index (χ0) is 9.19. The van der Waals surface area contributed by atoms with Crippen LogP contribution < -0.4 is 4.74 Å². The molecule has 5 nitrogen and oxygen atoms in total. The summed E-state index contributed by atoms with van der Waals surface area (Å²) in [5.74, 6) is -0.351. The van der Waals surface area contributed by atoms with Crippen molar-refractivity contribution in [2.24, 2.45) is 5.41 Å². The van der Waals surface area contributed by atoms with Gasteiger partial charge in [0.05, 0.1) is 5.41 Å². The zero-order valence-electron chi connectivity index (χ0n) is 7.20. The monoisotopic (exact) mass is 170 g/mol. The molecule has 0 atom stereocenters. The van der Waals surface area contributed by atoms with Gasteiger partial charge in [-0.05, 0) is 20.8 Å². The summed E-state index contributed by atoms with van der Waals surface area (Å²) < 4.78 is 9.28. The van der Waals surface area contributed by atoms with Crippen molar-refractivity contribution in [1.82, 2.24) is 10.4 Å². The summed E-state index contributed by atoms with van der Waals surface area (Å²) in [5.41, 5.74) is -0.549. The molecule has 1 heterocycles.